The lowest BCUT2D eigenvalue weighted by atomic mass is 9.93. The van der Waals surface area contributed by atoms with Crippen LogP contribution in [-0.4, -0.2) is 29.3 Å². The van der Waals surface area contributed by atoms with Gasteiger partial charge in [-0.25, -0.2) is 0 Å². The summed E-state index contributed by atoms with van der Waals surface area (Å²) in [6.45, 7) is 2.64. The molecule has 1 aromatic rings. The van der Waals surface area contributed by atoms with Gasteiger partial charge in [-0.1, -0.05) is 30.9 Å². The van der Waals surface area contributed by atoms with Gasteiger partial charge in [0.1, 0.15) is 0 Å². The van der Waals surface area contributed by atoms with Crippen molar-refractivity contribution in [2.75, 3.05) is 12.4 Å². The second kappa shape index (κ2) is 7.46. The van der Waals surface area contributed by atoms with Crippen molar-refractivity contribution in [3.63, 3.8) is 0 Å². The van der Waals surface area contributed by atoms with Crippen molar-refractivity contribution in [2.24, 2.45) is 0 Å². The van der Waals surface area contributed by atoms with Crippen LogP contribution in [0.3, 0.4) is 0 Å². The molecule has 2 rings (SSSR count). The van der Waals surface area contributed by atoms with Crippen molar-refractivity contribution in [2.45, 2.75) is 45.1 Å². The van der Waals surface area contributed by atoms with E-state index >= 15 is 0 Å². The summed E-state index contributed by atoms with van der Waals surface area (Å²) >= 11 is 9.41. The number of hydrogen-bond donors (Lipinski definition) is 0. The maximum Gasteiger partial charge on any atom is 0.255 e. The molecule has 4 heteroatoms. The molecule has 2 nitrogen and oxygen atoms in total. The molecule has 1 aliphatic rings. The van der Waals surface area contributed by atoms with Crippen LogP contribution in [0.5, 0.6) is 0 Å². The smallest absolute Gasteiger partial charge is 0.255 e. The third kappa shape index (κ3) is 3.76. The zero-order chi connectivity index (χ0) is 14.5. The second-order valence-corrected chi connectivity index (χ2v) is 6.69. The van der Waals surface area contributed by atoms with Crippen LogP contribution >= 0.6 is 27.5 Å². The first-order valence-electron chi connectivity index (χ1n) is 7.26. The maximum absolute atomic E-state index is 12.8. The Morgan fingerprint density at radius 2 is 2.05 bits per heavy atom. The zero-order valence-corrected chi connectivity index (χ0v) is 14.2. The normalized spacial score (nSPS) is 16.1. The third-order valence-corrected chi connectivity index (χ3v) is 4.81. The summed E-state index contributed by atoms with van der Waals surface area (Å²) in [6, 6.07) is 6.26. The molecule has 1 saturated carbocycles. The fourth-order valence-electron chi connectivity index (χ4n) is 2.89. The van der Waals surface area contributed by atoms with Crippen molar-refractivity contribution in [1.29, 1.82) is 0 Å². The van der Waals surface area contributed by atoms with Crippen LogP contribution in [0, 0.1) is 6.92 Å². The Morgan fingerprint density at radius 1 is 1.35 bits per heavy atom. The van der Waals surface area contributed by atoms with E-state index < -0.39 is 0 Å². The molecule has 20 heavy (non-hydrogen) atoms. The van der Waals surface area contributed by atoms with Crippen molar-refractivity contribution in [1.82, 2.24) is 4.90 Å². The number of rotatable bonds is 4. The fraction of sp³-hybridized carbons (Fsp3) is 0.562. The Morgan fingerprint density at radius 3 is 2.70 bits per heavy atom. The molecule has 0 aromatic heterocycles. The van der Waals surface area contributed by atoms with Crippen LogP contribution in [0.2, 0.25) is 0 Å². The van der Waals surface area contributed by atoms with Crippen LogP contribution in [0.15, 0.2) is 22.7 Å². The summed E-state index contributed by atoms with van der Waals surface area (Å²) in [6.07, 6.45) is 5.92. The van der Waals surface area contributed by atoms with Gasteiger partial charge >= 0.3 is 0 Å². The summed E-state index contributed by atoms with van der Waals surface area (Å²) in [5, 5.41) is 0. The lowest BCUT2D eigenvalue weighted by Gasteiger charge is -2.34. The highest BCUT2D eigenvalue weighted by Gasteiger charge is 2.26. The summed E-state index contributed by atoms with van der Waals surface area (Å²) in [4.78, 5) is 14.8. The highest BCUT2D eigenvalue weighted by molar-refractivity contribution is 9.10. The van der Waals surface area contributed by atoms with Crippen LogP contribution in [0.1, 0.15) is 48.0 Å². The highest BCUT2D eigenvalue weighted by atomic mass is 79.9. The number of carbonyl (C=O) groups is 1. The number of alkyl halides is 1. The molecule has 0 saturated heterocycles. The van der Waals surface area contributed by atoms with Crippen molar-refractivity contribution in [3.05, 3.63) is 33.8 Å². The van der Waals surface area contributed by atoms with Gasteiger partial charge in [0.05, 0.1) is 5.56 Å². The molecule has 1 aliphatic carbocycles. The summed E-state index contributed by atoms with van der Waals surface area (Å²) < 4.78 is 0.864. The molecule has 0 spiro atoms. The zero-order valence-electron chi connectivity index (χ0n) is 11.9. The minimum Gasteiger partial charge on any atom is -0.334 e. The van der Waals surface area contributed by atoms with Crippen LogP contribution in [0.4, 0.5) is 0 Å². The van der Waals surface area contributed by atoms with Crippen LogP contribution in [-0.2, 0) is 0 Å². The molecule has 0 unspecified atom stereocenters. The Hall–Kier alpha value is -0.540. The first kappa shape index (κ1) is 15.8. The Labute approximate surface area is 134 Å². The maximum atomic E-state index is 12.8. The van der Waals surface area contributed by atoms with E-state index in [0.717, 1.165) is 28.4 Å². The third-order valence-electron chi connectivity index (χ3n) is 3.95. The van der Waals surface area contributed by atoms with E-state index in [4.69, 9.17) is 11.6 Å². The number of halogens is 2. The quantitative estimate of drug-likeness (QED) is 0.710. The van der Waals surface area contributed by atoms with Gasteiger partial charge in [-0.3, -0.25) is 4.79 Å². The summed E-state index contributed by atoms with van der Waals surface area (Å²) in [5.74, 6) is 0.596. The van der Waals surface area contributed by atoms with E-state index in [-0.39, 0.29) is 5.91 Å². The van der Waals surface area contributed by atoms with Gasteiger partial charge in [0.2, 0.25) is 0 Å². The SMILES string of the molecule is Cc1ccc(Br)c(C(=O)N(CCCl)C2CCCCC2)c1. The summed E-state index contributed by atoms with van der Waals surface area (Å²) in [7, 11) is 0. The van der Waals surface area contributed by atoms with Gasteiger partial charge < -0.3 is 4.90 Å². The van der Waals surface area contributed by atoms with Gasteiger partial charge in [-0.2, -0.15) is 0 Å². The van der Waals surface area contributed by atoms with E-state index in [1.54, 1.807) is 0 Å². The van der Waals surface area contributed by atoms with Gasteiger partial charge in [-0.05, 0) is 47.8 Å². The minimum absolute atomic E-state index is 0.105. The number of carbonyl (C=O) groups excluding carboxylic acids is 1. The van der Waals surface area contributed by atoms with E-state index in [2.05, 4.69) is 15.9 Å². The molecule has 0 heterocycles. The Kier molecular flexibility index (Phi) is 5.91. The Bertz CT molecular complexity index is 472. The molecule has 1 fully saturated rings. The van der Waals surface area contributed by atoms with Gasteiger partial charge in [-0.15, -0.1) is 11.6 Å². The molecular formula is C16H21BrClNO. The molecule has 1 aromatic carbocycles. The minimum atomic E-state index is 0.105. The van der Waals surface area contributed by atoms with Crippen molar-refractivity contribution in [3.8, 4) is 0 Å². The Balaban J connectivity index is 2.23. The van der Waals surface area contributed by atoms with Gasteiger partial charge in [0.25, 0.3) is 5.91 Å². The van der Waals surface area contributed by atoms with Crippen LogP contribution < -0.4 is 0 Å². The van der Waals surface area contributed by atoms with E-state index in [1.165, 1.54) is 19.3 Å². The molecule has 0 bridgehead atoms. The molecule has 0 N–H and O–H groups in total. The van der Waals surface area contributed by atoms with E-state index in [9.17, 15) is 4.79 Å². The molecule has 110 valence electrons. The number of nitrogens with zero attached hydrogens (tertiary/aromatic N) is 1. The average molecular weight is 359 g/mol. The van der Waals surface area contributed by atoms with Crippen molar-refractivity contribution >= 4 is 33.4 Å². The average Bonchev–Trinajstić information content (AvgIpc) is 2.47. The second-order valence-electron chi connectivity index (χ2n) is 5.46. The fourth-order valence-corrected chi connectivity index (χ4v) is 3.49. The first-order chi connectivity index (χ1) is 9.63. The summed E-state index contributed by atoms with van der Waals surface area (Å²) in [5.41, 5.74) is 1.85. The van der Waals surface area contributed by atoms with Crippen LogP contribution in [0.25, 0.3) is 0 Å². The lowest BCUT2D eigenvalue weighted by Crippen LogP contribution is -2.42. The predicted molar refractivity (Wildman–Crippen MR) is 87.5 cm³/mol. The monoisotopic (exact) mass is 357 g/mol. The molecule has 0 aliphatic heterocycles. The molecule has 0 radical (unpaired) electrons. The highest BCUT2D eigenvalue weighted by Crippen LogP contribution is 2.26. The van der Waals surface area contributed by atoms with Gasteiger partial charge in [0.15, 0.2) is 0 Å². The number of benzene rings is 1. The lowest BCUT2D eigenvalue weighted by molar-refractivity contribution is 0.0648. The molecule has 1 amide bonds. The van der Waals surface area contributed by atoms with Crippen molar-refractivity contribution < 1.29 is 4.79 Å². The molecular weight excluding hydrogens is 338 g/mol. The number of aryl methyl sites for hydroxylation is 1. The topological polar surface area (TPSA) is 20.3 Å². The largest absolute Gasteiger partial charge is 0.334 e. The number of hydrogen-bond acceptors (Lipinski definition) is 1. The first-order valence-corrected chi connectivity index (χ1v) is 8.59. The van der Waals surface area contributed by atoms with E-state index in [0.29, 0.717) is 18.5 Å². The molecule has 0 atom stereocenters. The number of amides is 1. The van der Waals surface area contributed by atoms with E-state index in [1.807, 2.05) is 30.0 Å². The van der Waals surface area contributed by atoms with Gasteiger partial charge in [0, 0.05) is 22.9 Å². The standard InChI is InChI=1S/C16H21BrClNO/c1-12-7-8-15(17)14(11-12)16(20)19(10-9-18)13-5-3-2-4-6-13/h7-8,11,13H,2-6,9-10H2,1H3. The predicted octanol–water partition coefficient (Wildman–Crippen LogP) is 4.77.